The van der Waals surface area contributed by atoms with Crippen molar-refractivity contribution in [2.24, 2.45) is 4.99 Å². The SMILES string of the molecule is CCN(CC)CC#CC([S-])=NC.[Li+]. The van der Waals surface area contributed by atoms with Gasteiger partial charge in [0.2, 0.25) is 0 Å². The molecule has 0 aromatic carbocycles. The summed E-state index contributed by atoms with van der Waals surface area (Å²) < 4.78 is 0. The van der Waals surface area contributed by atoms with Gasteiger partial charge in [-0.05, 0) is 18.1 Å². The van der Waals surface area contributed by atoms with Crippen LogP contribution in [0.3, 0.4) is 0 Å². The van der Waals surface area contributed by atoms with Gasteiger partial charge in [0.15, 0.2) is 0 Å². The van der Waals surface area contributed by atoms with E-state index in [-0.39, 0.29) is 18.9 Å². The summed E-state index contributed by atoms with van der Waals surface area (Å²) in [4.78, 5) is 6.00. The molecule has 0 radical (unpaired) electrons. The van der Waals surface area contributed by atoms with Crippen molar-refractivity contribution >= 4 is 17.7 Å². The molecule has 2 nitrogen and oxygen atoms in total. The van der Waals surface area contributed by atoms with Gasteiger partial charge in [-0.3, -0.25) is 4.90 Å². The average Bonchev–Trinajstić information content (AvgIpc) is 2.12. The predicted molar refractivity (Wildman–Crippen MR) is 56.3 cm³/mol. The Kier molecular flexibility index (Phi) is 12.0. The third-order valence-electron chi connectivity index (χ3n) is 1.60. The monoisotopic (exact) mass is 190 g/mol. The Morgan fingerprint density at radius 1 is 1.38 bits per heavy atom. The molecule has 0 bridgehead atoms. The van der Waals surface area contributed by atoms with Gasteiger partial charge in [-0.15, -0.1) is 0 Å². The van der Waals surface area contributed by atoms with Crippen LogP contribution in [0.1, 0.15) is 13.8 Å². The Labute approximate surface area is 98.8 Å². The summed E-state index contributed by atoms with van der Waals surface area (Å²) in [6, 6.07) is 0. The zero-order chi connectivity index (χ0) is 9.40. The molecule has 0 spiro atoms. The van der Waals surface area contributed by atoms with Gasteiger partial charge in [-0.1, -0.05) is 25.7 Å². The molecule has 0 aliphatic rings. The van der Waals surface area contributed by atoms with Gasteiger partial charge >= 0.3 is 18.9 Å². The van der Waals surface area contributed by atoms with E-state index in [0.717, 1.165) is 19.6 Å². The minimum Gasteiger partial charge on any atom is -0.752 e. The fourth-order valence-corrected chi connectivity index (χ4v) is 0.802. The summed E-state index contributed by atoms with van der Waals surface area (Å²) in [5, 5.41) is 0.488. The molecule has 4 heteroatoms. The average molecular weight is 190 g/mol. The Hall–Kier alpha value is 0.00740. The standard InChI is InChI=1S/C9H16N2S.Li/c1-4-11(5-2)8-6-7-9(12)10-3;/h4-5,8H2,1-3H3,(H,10,12);/q;+1/p-1. The number of nitrogens with zero attached hydrogens (tertiary/aromatic N) is 2. The zero-order valence-electron chi connectivity index (χ0n) is 8.92. The van der Waals surface area contributed by atoms with Gasteiger partial charge in [0.25, 0.3) is 0 Å². The summed E-state index contributed by atoms with van der Waals surface area (Å²) >= 11 is 4.82. The molecule has 0 saturated carbocycles. The maximum Gasteiger partial charge on any atom is 1.00 e. The van der Waals surface area contributed by atoms with Crippen LogP contribution in [0.5, 0.6) is 0 Å². The molecule has 0 fully saturated rings. The summed E-state index contributed by atoms with van der Waals surface area (Å²) in [7, 11) is 1.66. The molecule has 0 aromatic heterocycles. The van der Waals surface area contributed by atoms with Gasteiger partial charge in [0, 0.05) is 7.05 Å². The van der Waals surface area contributed by atoms with Crippen LogP contribution in [0, 0.1) is 11.8 Å². The second kappa shape index (κ2) is 10.1. The van der Waals surface area contributed by atoms with Crippen LogP contribution in [0.15, 0.2) is 4.99 Å². The van der Waals surface area contributed by atoms with Gasteiger partial charge in [0.1, 0.15) is 0 Å². The van der Waals surface area contributed by atoms with E-state index in [1.165, 1.54) is 0 Å². The van der Waals surface area contributed by atoms with Crippen molar-refractivity contribution in [1.82, 2.24) is 4.90 Å². The van der Waals surface area contributed by atoms with Crippen LogP contribution in [-0.4, -0.2) is 36.6 Å². The summed E-state index contributed by atoms with van der Waals surface area (Å²) in [5.74, 6) is 5.78. The number of hydrogen-bond donors (Lipinski definition) is 0. The second-order valence-corrected chi connectivity index (χ2v) is 2.68. The molecule has 0 heterocycles. The number of aliphatic imine (C=N–C) groups is 1. The van der Waals surface area contributed by atoms with Crippen molar-refractivity contribution < 1.29 is 18.9 Å². The Morgan fingerprint density at radius 3 is 2.31 bits per heavy atom. The summed E-state index contributed by atoms with van der Waals surface area (Å²) in [5.41, 5.74) is 0. The minimum absolute atomic E-state index is 0. The van der Waals surface area contributed by atoms with Gasteiger partial charge in [-0.2, -0.15) is 0 Å². The quantitative estimate of drug-likeness (QED) is 0.167. The Morgan fingerprint density at radius 2 is 1.92 bits per heavy atom. The maximum atomic E-state index is 4.82. The molecule has 0 saturated heterocycles. The molecule has 0 unspecified atom stereocenters. The smallest absolute Gasteiger partial charge is 0.752 e. The van der Waals surface area contributed by atoms with Crippen LogP contribution in [0.2, 0.25) is 0 Å². The van der Waals surface area contributed by atoms with E-state index < -0.39 is 0 Å². The first-order chi connectivity index (χ1) is 5.74. The zero-order valence-corrected chi connectivity index (χ0v) is 9.74. The van der Waals surface area contributed by atoms with Crippen molar-refractivity contribution in [2.45, 2.75) is 13.8 Å². The molecule has 0 aromatic rings. The van der Waals surface area contributed by atoms with E-state index in [4.69, 9.17) is 12.6 Å². The Bertz CT molecular complexity index is 201. The molecular weight excluding hydrogens is 175 g/mol. The van der Waals surface area contributed by atoms with Crippen molar-refractivity contribution in [2.75, 3.05) is 26.7 Å². The van der Waals surface area contributed by atoms with E-state index in [0.29, 0.717) is 5.04 Å². The topological polar surface area (TPSA) is 15.6 Å². The van der Waals surface area contributed by atoms with Crippen LogP contribution in [0.25, 0.3) is 0 Å². The molecular formula is C9H15LiN2S. The van der Waals surface area contributed by atoms with Crippen LogP contribution < -0.4 is 18.9 Å². The van der Waals surface area contributed by atoms with E-state index in [1.807, 2.05) is 0 Å². The molecule has 0 rings (SSSR count). The first kappa shape index (κ1) is 15.5. The van der Waals surface area contributed by atoms with Crippen LogP contribution in [0.4, 0.5) is 0 Å². The van der Waals surface area contributed by atoms with Crippen molar-refractivity contribution in [3.63, 3.8) is 0 Å². The van der Waals surface area contributed by atoms with E-state index >= 15 is 0 Å². The first-order valence-corrected chi connectivity index (χ1v) is 4.50. The van der Waals surface area contributed by atoms with Crippen LogP contribution in [-0.2, 0) is 12.6 Å². The second-order valence-electron chi connectivity index (χ2n) is 2.29. The number of rotatable bonds is 3. The third kappa shape index (κ3) is 8.34. The fraction of sp³-hybridized carbons (Fsp3) is 0.667. The van der Waals surface area contributed by atoms with Gasteiger partial charge < -0.3 is 17.6 Å². The maximum absolute atomic E-state index is 4.82. The molecule has 0 aliphatic carbocycles. The normalized spacial score (nSPS) is 10.3. The summed E-state index contributed by atoms with van der Waals surface area (Å²) in [6.45, 7) is 7.08. The molecule has 0 atom stereocenters. The third-order valence-corrected chi connectivity index (χ3v) is 1.88. The van der Waals surface area contributed by atoms with Crippen LogP contribution >= 0.6 is 0 Å². The van der Waals surface area contributed by atoms with Gasteiger partial charge in [0.05, 0.1) is 6.54 Å². The fourth-order valence-electron chi connectivity index (χ4n) is 0.730. The van der Waals surface area contributed by atoms with Crippen molar-refractivity contribution in [3.05, 3.63) is 0 Å². The molecule has 68 valence electrons. The van der Waals surface area contributed by atoms with E-state index in [1.54, 1.807) is 7.05 Å². The molecule has 13 heavy (non-hydrogen) atoms. The van der Waals surface area contributed by atoms with Gasteiger partial charge in [-0.25, -0.2) is 0 Å². The predicted octanol–water partition coefficient (Wildman–Crippen LogP) is -2.09. The number of hydrogen-bond acceptors (Lipinski definition) is 3. The Balaban J connectivity index is 0. The largest absolute Gasteiger partial charge is 1.00 e. The summed E-state index contributed by atoms with van der Waals surface area (Å²) in [6.07, 6.45) is 0. The molecule has 0 N–H and O–H groups in total. The van der Waals surface area contributed by atoms with Crippen molar-refractivity contribution in [1.29, 1.82) is 0 Å². The van der Waals surface area contributed by atoms with E-state index in [2.05, 4.69) is 35.6 Å². The molecule has 0 aliphatic heterocycles. The van der Waals surface area contributed by atoms with E-state index in [9.17, 15) is 0 Å². The minimum atomic E-state index is 0. The van der Waals surface area contributed by atoms with Crippen molar-refractivity contribution in [3.8, 4) is 11.8 Å². The first-order valence-electron chi connectivity index (χ1n) is 4.09. The molecule has 0 amide bonds.